The quantitative estimate of drug-likeness (QED) is 0.0659. The lowest BCUT2D eigenvalue weighted by Crippen LogP contribution is -2.40. The van der Waals surface area contributed by atoms with Gasteiger partial charge >= 0.3 is 23.9 Å². The maximum absolute atomic E-state index is 14.5. The molecule has 0 radical (unpaired) electrons. The first kappa shape index (κ1) is 47.8. The number of carboxylic acids is 4. The van der Waals surface area contributed by atoms with Gasteiger partial charge in [-0.15, -0.1) is 0 Å². The molecule has 330 valence electrons. The predicted molar refractivity (Wildman–Crippen MR) is 225 cm³/mol. The molecule has 0 saturated heterocycles. The normalized spacial score (nSPS) is 12.6. The minimum Gasteiger partial charge on any atom is -0.492 e. The lowest BCUT2D eigenvalue weighted by Gasteiger charge is -2.27. The molecule has 4 N–H and O–H groups in total. The fraction of sp³-hybridized carbons (Fsp3) is 0.487. The standard InChI is InChI=1S/C39H54N6O13S2/c1-7-13-41(4)16-17-42(5)18-19-58-31-20-30(43(6)15-8-14-40(2)3)26-9-11-28-32(59(54,55)44(22-34(46)47)23-35(48)49)21-33(29-12-10-27(31)38(26)39(28)29)60(56,57)45(24-36(50)51)25-37(52)53/h9-12,20-21H,7-8,13-19,22-25H2,1-6H3,(H,46,47)(H,48,49)(H,50,51)(H,52,53). The second-order valence-corrected chi connectivity index (χ2v) is 18.8. The van der Waals surface area contributed by atoms with Gasteiger partial charge in [-0.2, -0.15) is 8.61 Å². The topological polar surface area (TPSA) is 246 Å². The average Bonchev–Trinajstić information content (AvgIpc) is 3.14. The van der Waals surface area contributed by atoms with Crippen molar-refractivity contribution >= 4 is 81.9 Å². The van der Waals surface area contributed by atoms with E-state index in [4.69, 9.17) is 4.74 Å². The summed E-state index contributed by atoms with van der Waals surface area (Å²) in [6.07, 6.45) is 1.77. The van der Waals surface area contributed by atoms with Crippen LogP contribution in [-0.2, 0) is 39.2 Å². The van der Waals surface area contributed by atoms with Crippen LogP contribution in [-0.4, -0.2) is 192 Å². The molecule has 0 saturated carbocycles. The molecule has 0 aromatic heterocycles. The molecule has 21 heteroatoms. The van der Waals surface area contributed by atoms with Crippen LogP contribution in [0.15, 0.2) is 46.2 Å². The Hall–Kier alpha value is -4.90. The number of likely N-dealkylation sites (N-methyl/N-ethyl adjacent to an activating group) is 2. The van der Waals surface area contributed by atoms with Crippen molar-refractivity contribution < 1.29 is 61.2 Å². The van der Waals surface area contributed by atoms with Gasteiger partial charge in [0, 0.05) is 77.3 Å². The van der Waals surface area contributed by atoms with E-state index in [9.17, 15) is 56.4 Å². The van der Waals surface area contributed by atoms with Gasteiger partial charge < -0.3 is 44.8 Å². The number of nitrogens with zero attached hydrogens (tertiary/aromatic N) is 6. The van der Waals surface area contributed by atoms with Crippen LogP contribution in [0.4, 0.5) is 5.69 Å². The molecular weight excluding hydrogens is 825 g/mol. The number of carboxylic acid groups (broad SMARTS) is 4. The highest BCUT2D eigenvalue weighted by molar-refractivity contribution is 7.90. The summed E-state index contributed by atoms with van der Waals surface area (Å²) in [5, 5.41) is 39.7. The Balaban J connectivity index is 2.10. The summed E-state index contributed by atoms with van der Waals surface area (Å²) >= 11 is 0. The molecule has 19 nitrogen and oxygen atoms in total. The van der Waals surface area contributed by atoms with Gasteiger partial charge in [0.25, 0.3) is 0 Å². The highest BCUT2D eigenvalue weighted by atomic mass is 32.2. The number of ether oxygens (including phenoxy) is 1. The third-order valence-electron chi connectivity index (χ3n) is 9.95. The average molecular weight is 879 g/mol. The van der Waals surface area contributed by atoms with Crippen LogP contribution < -0.4 is 9.64 Å². The first-order valence-electron chi connectivity index (χ1n) is 19.1. The number of aliphatic carboxylic acids is 4. The summed E-state index contributed by atoms with van der Waals surface area (Å²) in [6, 6.07) is 8.58. The Labute approximate surface area is 349 Å². The minimum atomic E-state index is -5.17. The van der Waals surface area contributed by atoms with Crippen molar-refractivity contribution in [2.24, 2.45) is 0 Å². The molecule has 0 amide bonds. The summed E-state index contributed by atoms with van der Waals surface area (Å²) in [5.41, 5.74) is 0.648. The zero-order valence-electron chi connectivity index (χ0n) is 34.6. The van der Waals surface area contributed by atoms with Crippen molar-refractivity contribution in [3.63, 3.8) is 0 Å². The van der Waals surface area contributed by atoms with Crippen LogP contribution >= 0.6 is 0 Å². The van der Waals surface area contributed by atoms with Crippen molar-refractivity contribution in [1.82, 2.24) is 23.3 Å². The molecule has 4 rings (SSSR count). The fourth-order valence-electron chi connectivity index (χ4n) is 7.08. The first-order valence-corrected chi connectivity index (χ1v) is 22.0. The van der Waals surface area contributed by atoms with E-state index in [0.717, 1.165) is 39.0 Å². The van der Waals surface area contributed by atoms with E-state index in [1.54, 1.807) is 12.1 Å². The summed E-state index contributed by atoms with van der Waals surface area (Å²) in [7, 11) is -0.558. The number of hydrogen-bond donors (Lipinski definition) is 4. The number of anilines is 1. The maximum Gasteiger partial charge on any atom is 0.318 e. The smallest absolute Gasteiger partial charge is 0.318 e. The molecule has 0 spiro atoms. The number of carbonyl (C=O) groups is 4. The van der Waals surface area contributed by atoms with E-state index < -0.39 is 79.9 Å². The molecule has 0 aliphatic heterocycles. The second kappa shape index (κ2) is 20.1. The fourth-order valence-corrected chi connectivity index (χ4v) is 10.3. The molecule has 0 aliphatic rings. The maximum atomic E-state index is 14.5. The van der Waals surface area contributed by atoms with E-state index in [1.165, 1.54) is 12.1 Å². The monoisotopic (exact) mass is 878 g/mol. The van der Waals surface area contributed by atoms with Gasteiger partial charge in [0.15, 0.2) is 0 Å². The van der Waals surface area contributed by atoms with Crippen LogP contribution in [0.25, 0.3) is 32.3 Å². The van der Waals surface area contributed by atoms with Gasteiger partial charge in [-0.1, -0.05) is 25.1 Å². The van der Waals surface area contributed by atoms with Crippen molar-refractivity contribution in [2.75, 3.05) is 112 Å². The summed E-state index contributed by atoms with van der Waals surface area (Å²) in [4.78, 5) is 54.2. The van der Waals surface area contributed by atoms with Crippen LogP contribution in [0.5, 0.6) is 5.75 Å². The molecule has 0 atom stereocenters. The lowest BCUT2D eigenvalue weighted by molar-refractivity contribution is -0.141. The predicted octanol–water partition coefficient (Wildman–Crippen LogP) is 1.94. The van der Waals surface area contributed by atoms with Crippen molar-refractivity contribution in [2.45, 2.75) is 29.6 Å². The minimum absolute atomic E-state index is 0.0466. The number of benzene rings is 4. The number of rotatable bonds is 26. The zero-order chi connectivity index (χ0) is 44.7. The molecule has 4 aromatic carbocycles. The molecule has 0 heterocycles. The highest BCUT2D eigenvalue weighted by Gasteiger charge is 2.37. The number of hydrogen-bond acceptors (Lipinski definition) is 13. The van der Waals surface area contributed by atoms with Crippen LogP contribution in [0.2, 0.25) is 0 Å². The Kier molecular flexibility index (Phi) is 16.0. The molecule has 0 unspecified atom stereocenters. The van der Waals surface area contributed by atoms with Gasteiger partial charge in [0.2, 0.25) is 20.0 Å². The number of sulfonamides is 2. The van der Waals surface area contributed by atoms with E-state index >= 15 is 0 Å². The van der Waals surface area contributed by atoms with E-state index in [-0.39, 0.29) is 31.4 Å². The van der Waals surface area contributed by atoms with Gasteiger partial charge in [-0.05, 0) is 66.3 Å². The molecule has 0 fully saturated rings. The molecule has 0 aliphatic carbocycles. The molecular formula is C39H54N6O13S2. The Morgan fingerprint density at radius 2 is 1.00 bits per heavy atom. The van der Waals surface area contributed by atoms with Gasteiger partial charge in [-0.3, -0.25) is 19.2 Å². The van der Waals surface area contributed by atoms with Crippen LogP contribution in [0, 0.1) is 0 Å². The van der Waals surface area contributed by atoms with E-state index in [1.807, 2.05) is 51.1 Å². The third-order valence-corrected chi connectivity index (χ3v) is 13.6. The summed E-state index contributed by atoms with van der Waals surface area (Å²) in [6.45, 7) is 1.57. The molecule has 60 heavy (non-hydrogen) atoms. The Bertz CT molecular complexity index is 2310. The largest absolute Gasteiger partial charge is 0.492 e. The zero-order valence-corrected chi connectivity index (χ0v) is 36.3. The van der Waals surface area contributed by atoms with Gasteiger partial charge in [0.05, 0.1) is 9.79 Å². The van der Waals surface area contributed by atoms with Crippen molar-refractivity contribution in [1.29, 1.82) is 0 Å². The van der Waals surface area contributed by atoms with Crippen molar-refractivity contribution in [3.05, 3.63) is 36.4 Å². The summed E-state index contributed by atoms with van der Waals surface area (Å²) in [5.74, 6) is -6.38. The molecule has 4 aromatic rings. The Morgan fingerprint density at radius 1 is 0.567 bits per heavy atom. The van der Waals surface area contributed by atoms with Crippen LogP contribution in [0.3, 0.4) is 0 Å². The second-order valence-electron chi connectivity index (χ2n) is 15.0. The third kappa shape index (κ3) is 11.3. The first-order chi connectivity index (χ1) is 28.1. The van der Waals surface area contributed by atoms with E-state index in [0.29, 0.717) is 46.8 Å². The van der Waals surface area contributed by atoms with Crippen molar-refractivity contribution in [3.8, 4) is 5.75 Å². The molecule has 0 bridgehead atoms. The van der Waals surface area contributed by atoms with E-state index in [2.05, 4.69) is 16.7 Å². The summed E-state index contributed by atoms with van der Waals surface area (Å²) < 4.78 is 64.7. The van der Waals surface area contributed by atoms with Crippen LogP contribution in [0.1, 0.15) is 19.8 Å². The van der Waals surface area contributed by atoms with Gasteiger partial charge in [-0.25, -0.2) is 16.8 Å². The van der Waals surface area contributed by atoms with Gasteiger partial charge in [0.1, 0.15) is 38.5 Å². The highest BCUT2D eigenvalue weighted by Crippen LogP contribution is 2.47. The Morgan fingerprint density at radius 3 is 1.45 bits per heavy atom. The SMILES string of the molecule is CCCN(C)CCN(C)CCOc1cc(N(C)CCCN(C)C)c2ccc3c(S(=O)(=O)N(CC(=O)O)CC(=O)O)cc(S(=O)(=O)N(CC(=O)O)CC(=O)O)c4ccc1c2c43. The lowest BCUT2D eigenvalue weighted by atomic mass is 9.92.